The van der Waals surface area contributed by atoms with Gasteiger partial charge in [-0.05, 0) is 52.9 Å². The van der Waals surface area contributed by atoms with Crippen LogP contribution in [0.2, 0.25) is 0 Å². The smallest absolute Gasteiger partial charge is 0.295 e. The molecule has 0 radical (unpaired) electrons. The Hall–Kier alpha value is -3.64. The molecule has 1 atom stereocenters. The number of rotatable bonds is 9. The van der Waals surface area contributed by atoms with Gasteiger partial charge >= 0.3 is 0 Å². The molecule has 1 N–H and O–H groups in total. The zero-order valence-corrected chi connectivity index (χ0v) is 20.4. The number of likely N-dealkylation sites (tertiary alicyclic amines) is 1. The molecule has 0 aromatic heterocycles. The second-order valence-corrected chi connectivity index (χ2v) is 9.14. The summed E-state index contributed by atoms with van der Waals surface area (Å²) in [6, 6.07) is 19.9. The maximum absolute atomic E-state index is 13.3. The van der Waals surface area contributed by atoms with E-state index in [9.17, 15) is 14.7 Å². The van der Waals surface area contributed by atoms with Gasteiger partial charge in [-0.15, -0.1) is 0 Å². The van der Waals surface area contributed by atoms with Gasteiger partial charge in [0.2, 0.25) is 0 Å². The average molecular weight is 474 g/mol. The fraction of sp³-hybridized carbons (Fsp3) is 0.310. The number of amides is 1. The number of fused-ring (bicyclic) bond motifs is 1. The van der Waals surface area contributed by atoms with E-state index < -0.39 is 17.7 Å². The third-order valence-corrected chi connectivity index (χ3v) is 6.12. The van der Waals surface area contributed by atoms with Crippen LogP contribution in [0.1, 0.15) is 37.4 Å². The number of ketones is 1. The van der Waals surface area contributed by atoms with Gasteiger partial charge in [-0.2, -0.15) is 0 Å². The third kappa shape index (κ3) is 5.08. The van der Waals surface area contributed by atoms with Crippen LogP contribution in [0.4, 0.5) is 0 Å². The summed E-state index contributed by atoms with van der Waals surface area (Å²) in [6.07, 6.45) is 0.576. The van der Waals surface area contributed by atoms with E-state index in [2.05, 4.69) is 13.8 Å². The molecule has 3 aromatic rings. The maximum atomic E-state index is 13.3. The van der Waals surface area contributed by atoms with Crippen LogP contribution < -0.4 is 4.74 Å². The Kier molecular flexibility index (Phi) is 7.51. The Bertz CT molecular complexity index is 1240. The molecule has 1 fully saturated rings. The highest BCUT2D eigenvalue weighted by molar-refractivity contribution is 6.46. The van der Waals surface area contributed by atoms with Crippen LogP contribution in [0.15, 0.2) is 72.3 Å². The van der Waals surface area contributed by atoms with Crippen LogP contribution in [0, 0.1) is 5.92 Å². The Morgan fingerprint density at radius 2 is 1.71 bits per heavy atom. The van der Waals surface area contributed by atoms with Gasteiger partial charge in [0.25, 0.3) is 11.7 Å². The number of Topliss-reactive ketones (excluding diaryl/α,β-unsaturated/α-hetero) is 1. The number of benzene rings is 3. The van der Waals surface area contributed by atoms with Crippen LogP contribution in [-0.4, -0.2) is 48.6 Å². The summed E-state index contributed by atoms with van der Waals surface area (Å²) < 4.78 is 10.9. The molecule has 0 spiro atoms. The van der Waals surface area contributed by atoms with E-state index in [1.54, 1.807) is 36.3 Å². The first kappa shape index (κ1) is 24.5. The lowest BCUT2D eigenvalue weighted by atomic mass is 9.91. The van der Waals surface area contributed by atoms with E-state index in [0.29, 0.717) is 43.4 Å². The summed E-state index contributed by atoms with van der Waals surface area (Å²) in [6.45, 7) is 5.52. The average Bonchev–Trinajstić information content (AvgIpc) is 3.12. The van der Waals surface area contributed by atoms with Crippen molar-refractivity contribution in [1.29, 1.82) is 0 Å². The highest BCUT2D eigenvalue weighted by atomic mass is 16.5. The van der Waals surface area contributed by atoms with Crippen LogP contribution in [0.25, 0.3) is 16.5 Å². The molecule has 182 valence electrons. The minimum Gasteiger partial charge on any atom is -0.507 e. The summed E-state index contributed by atoms with van der Waals surface area (Å²) in [7, 11) is 1.60. The summed E-state index contributed by atoms with van der Waals surface area (Å²) in [5.74, 6) is -0.417. The normalized spacial score (nSPS) is 17.5. The number of carbonyl (C=O) groups excluding carboxylic acids is 2. The topological polar surface area (TPSA) is 76.1 Å². The lowest BCUT2D eigenvalue weighted by Crippen LogP contribution is -2.31. The van der Waals surface area contributed by atoms with Gasteiger partial charge in [-0.25, -0.2) is 0 Å². The molecule has 6 heteroatoms. The van der Waals surface area contributed by atoms with E-state index in [1.165, 1.54) is 0 Å². The third-order valence-electron chi connectivity index (χ3n) is 6.12. The zero-order valence-electron chi connectivity index (χ0n) is 20.4. The molecule has 1 amide bonds. The fourth-order valence-electron chi connectivity index (χ4n) is 4.43. The van der Waals surface area contributed by atoms with Gasteiger partial charge in [-0.1, -0.05) is 56.3 Å². The van der Waals surface area contributed by atoms with E-state index in [1.807, 2.05) is 42.5 Å². The first-order valence-electron chi connectivity index (χ1n) is 11.9. The lowest BCUT2D eigenvalue weighted by molar-refractivity contribution is -0.140. The van der Waals surface area contributed by atoms with Crippen molar-refractivity contribution in [3.05, 3.63) is 83.4 Å². The molecule has 1 aliphatic heterocycles. The van der Waals surface area contributed by atoms with Crippen molar-refractivity contribution < 1.29 is 24.2 Å². The highest BCUT2D eigenvalue weighted by Gasteiger charge is 2.46. The van der Waals surface area contributed by atoms with Gasteiger partial charge in [0, 0.05) is 25.8 Å². The van der Waals surface area contributed by atoms with Crippen molar-refractivity contribution in [2.24, 2.45) is 5.92 Å². The van der Waals surface area contributed by atoms with Crippen molar-refractivity contribution in [1.82, 2.24) is 4.90 Å². The van der Waals surface area contributed by atoms with E-state index in [-0.39, 0.29) is 11.3 Å². The number of hydrogen-bond donors (Lipinski definition) is 1. The minimum atomic E-state index is -0.699. The van der Waals surface area contributed by atoms with Crippen LogP contribution in [-0.2, 0) is 14.3 Å². The molecule has 0 bridgehead atoms. The van der Waals surface area contributed by atoms with Crippen LogP contribution in [0.3, 0.4) is 0 Å². The van der Waals surface area contributed by atoms with Crippen molar-refractivity contribution in [2.45, 2.75) is 26.3 Å². The maximum Gasteiger partial charge on any atom is 0.295 e. The molecule has 1 heterocycles. The molecule has 1 aliphatic rings. The molecule has 0 saturated carbocycles. The first-order valence-corrected chi connectivity index (χ1v) is 11.9. The van der Waals surface area contributed by atoms with Gasteiger partial charge in [-0.3, -0.25) is 9.59 Å². The quantitative estimate of drug-likeness (QED) is 0.197. The van der Waals surface area contributed by atoms with Crippen LogP contribution in [0.5, 0.6) is 5.75 Å². The largest absolute Gasteiger partial charge is 0.507 e. The Morgan fingerprint density at radius 3 is 2.43 bits per heavy atom. The fourth-order valence-corrected chi connectivity index (χ4v) is 4.43. The Labute approximate surface area is 205 Å². The standard InChI is InChI=1S/C29H31NO5/c1-19(2)18-35-22-14-12-21(13-15-22)27(31)25-26(30(16-7-17-34-3)29(33)28(25)32)24-11-6-9-20-8-4-5-10-23(20)24/h4-6,8-15,19,26,31H,7,16-18H2,1-3H3/b27-25-. The molecule has 1 unspecified atom stereocenters. The summed E-state index contributed by atoms with van der Waals surface area (Å²) >= 11 is 0. The Morgan fingerprint density at radius 1 is 1.00 bits per heavy atom. The van der Waals surface area contributed by atoms with Gasteiger partial charge < -0.3 is 19.5 Å². The minimum absolute atomic E-state index is 0.0969. The van der Waals surface area contributed by atoms with Gasteiger partial charge in [0.1, 0.15) is 11.5 Å². The van der Waals surface area contributed by atoms with E-state index >= 15 is 0 Å². The molecular formula is C29H31NO5. The van der Waals surface area contributed by atoms with Gasteiger partial charge in [0.15, 0.2) is 0 Å². The molecule has 6 nitrogen and oxygen atoms in total. The second-order valence-electron chi connectivity index (χ2n) is 9.14. The molecule has 0 aliphatic carbocycles. The van der Waals surface area contributed by atoms with Crippen molar-refractivity contribution in [3.8, 4) is 5.75 Å². The number of carbonyl (C=O) groups is 2. The predicted octanol–water partition coefficient (Wildman–Crippen LogP) is 5.33. The SMILES string of the molecule is COCCCN1C(=O)C(=O)/C(=C(\O)c2ccc(OCC(C)C)cc2)C1c1cccc2ccccc12. The van der Waals surface area contributed by atoms with Crippen molar-refractivity contribution >= 4 is 28.2 Å². The summed E-state index contributed by atoms with van der Waals surface area (Å²) in [5, 5.41) is 13.3. The number of nitrogens with zero attached hydrogens (tertiary/aromatic N) is 1. The second kappa shape index (κ2) is 10.7. The zero-order chi connectivity index (χ0) is 24.9. The summed E-state index contributed by atoms with van der Waals surface area (Å²) in [4.78, 5) is 28.0. The number of aliphatic hydroxyl groups excluding tert-OH is 1. The van der Waals surface area contributed by atoms with Crippen LogP contribution >= 0.6 is 0 Å². The Balaban J connectivity index is 1.80. The first-order chi connectivity index (χ1) is 16.9. The lowest BCUT2D eigenvalue weighted by Gasteiger charge is -2.26. The highest BCUT2D eigenvalue weighted by Crippen LogP contribution is 2.42. The van der Waals surface area contributed by atoms with E-state index in [0.717, 1.165) is 16.3 Å². The van der Waals surface area contributed by atoms with E-state index in [4.69, 9.17) is 9.47 Å². The molecule has 1 saturated heterocycles. The van der Waals surface area contributed by atoms with Crippen molar-refractivity contribution in [2.75, 3.05) is 26.9 Å². The molecule has 4 rings (SSSR count). The number of aliphatic hydroxyl groups is 1. The summed E-state index contributed by atoms with van der Waals surface area (Å²) in [5.41, 5.74) is 1.36. The number of ether oxygens (including phenoxy) is 2. The molecule has 3 aromatic carbocycles. The molecule has 35 heavy (non-hydrogen) atoms. The van der Waals surface area contributed by atoms with Crippen molar-refractivity contribution in [3.63, 3.8) is 0 Å². The monoisotopic (exact) mass is 473 g/mol. The van der Waals surface area contributed by atoms with Gasteiger partial charge in [0.05, 0.1) is 18.2 Å². The molecular weight excluding hydrogens is 442 g/mol. The predicted molar refractivity (Wildman–Crippen MR) is 136 cm³/mol. The number of hydrogen-bond acceptors (Lipinski definition) is 5. The number of methoxy groups -OCH3 is 1.